The summed E-state index contributed by atoms with van der Waals surface area (Å²) in [4.78, 5) is 14.3. The van der Waals surface area contributed by atoms with E-state index >= 15 is 0 Å². The van der Waals surface area contributed by atoms with Crippen LogP contribution in [0.2, 0.25) is 0 Å². The SMILES string of the molecule is Cc1cccc(C(=O)N2CCCC(CCO)C2)c1. The lowest BCUT2D eigenvalue weighted by Gasteiger charge is -2.32. The van der Waals surface area contributed by atoms with Gasteiger partial charge in [0.05, 0.1) is 0 Å². The maximum Gasteiger partial charge on any atom is 0.253 e. The smallest absolute Gasteiger partial charge is 0.253 e. The fourth-order valence-corrected chi connectivity index (χ4v) is 2.63. The molecular weight excluding hydrogens is 226 g/mol. The number of benzene rings is 1. The van der Waals surface area contributed by atoms with E-state index in [1.807, 2.05) is 36.1 Å². The predicted octanol–water partition coefficient (Wildman–Crippen LogP) is 2.23. The van der Waals surface area contributed by atoms with Crippen LogP contribution in [0, 0.1) is 12.8 Å². The normalized spacial score (nSPS) is 19.9. The Morgan fingerprint density at radius 3 is 3.06 bits per heavy atom. The molecule has 1 aliphatic heterocycles. The van der Waals surface area contributed by atoms with E-state index in [-0.39, 0.29) is 12.5 Å². The number of nitrogens with zero attached hydrogens (tertiary/aromatic N) is 1. The van der Waals surface area contributed by atoms with Crippen molar-refractivity contribution in [1.82, 2.24) is 4.90 Å². The summed E-state index contributed by atoms with van der Waals surface area (Å²) in [5, 5.41) is 8.99. The molecule has 3 nitrogen and oxygen atoms in total. The Morgan fingerprint density at radius 2 is 2.33 bits per heavy atom. The van der Waals surface area contributed by atoms with Crippen LogP contribution < -0.4 is 0 Å². The quantitative estimate of drug-likeness (QED) is 0.889. The number of piperidine rings is 1. The topological polar surface area (TPSA) is 40.5 Å². The van der Waals surface area contributed by atoms with Gasteiger partial charge in [-0.2, -0.15) is 0 Å². The van der Waals surface area contributed by atoms with Gasteiger partial charge in [-0.15, -0.1) is 0 Å². The molecule has 1 fully saturated rings. The highest BCUT2D eigenvalue weighted by Crippen LogP contribution is 2.21. The van der Waals surface area contributed by atoms with Crippen LogP contribution >= 0.6 is 0 Å². The van der Waals surface area contributed by atoms with E-state index in [2.05, 4.69) is 0 Å². The third-order valence-electron chi connectivity index (χ3n) is 3.61. The van der Waals surface area contributed by atoms with Gasteiger partial charge in [-0.05, 0) is 44.2 Å². The summed E-state index contributed by atoms with van der Waals surface area (Å²) < 4.78 is 0. The van der Waals surface area contributed by atoms with Crippen LogP contribution in [0.1, 0.15) is 35.2 Å². The van der Waals surface area contributed by atoms with Crippen molar-refractivity contribution in [2.24, 2.45) is 5.92 Å². The molecule has 0 radical (unpaired) electrons. The monoisotopic (exact) mass is 247 g/mol. The molecular formula is C15H21NO2. The van der Waals surface area contributed by atoms with Crippen molar-refractivity contribution in [2.75, 3.05) is 19.7 Å². The maximum absolute atomic E-state index is 12.4. The number of likely N-dealkylation sites (tertiary alicyclic amines) is 1. The van der Waals surface area contributed by atoms with E-state index in [4.69, 9.17) is 5.11 Å². The summed E-state index contributed by atoms with van der Waals surface area (Å²) >= 11 is 0. The molecule has 0 bridgehead atoms. The summed E-state index contributed by atoms with van der Waals surface area (Å²) in [6.45, 7) is 3.85. The maximum atomic E-state index is 12.4. The van der Waals surface area contributed by atoms with Gasteiger partial charge in [0.25, 0.3) is 5.91 Å². The lowest BCUT2D eigenvalue weighted by molar-refractivity contribution is 0.0653. The second-order valence-corrected chi connectivity index (χ2v) is 5.14. The first kappa shape index (κ1) is 13.1. The van der Waals surface area contributed by atoms with Gasteiger partial charge in [0.1, 0.15) is 0 Å². The van der Waals surface area contributed by atoms with Gasteiger partial charge >= 0.3 is 0 Å². The Hall–Kier alpha value is -1.35. The Labute approximate surface area is 108 Å². The van der Waals surface area contributed by atoms with Gasteiger partial charge < -0.3 is 10.0 Å². The third kappa shape index (κ3) is 3.10. The van der Waals surface area contributed by atoms with Crippen molar-refractivity contribution in [3.8, 4) is 0 Å². The van der Waals surface area contributed by atoms with Crippen molar-refractivity contribution in [3.63, 3.8) is 0 Å². The van der Waals surface area contributed by atoms with E-state index in [1.165, 1.54) is 0 Å². The van der Waals surface area contributed by atoms with Crippen LogP contribution in [-0.2, 0) is 0 Å². The minimum Gasteiger partial charge on any atom is -0.396 e. The number of aliphatic hydroxyl groups excluding tert-OH is 1. The van der Waals surface area contributed by atoms with Crippen LogP contribution in [0.5, 0.6) is 0 Å². The van der Waals surface area contributed by atoms with Gasteiger partial charge in [0.2, 0.25) is 0 Å². The molecule has 0 aliphatic carbocycles. The molecule has 2 rings (SSSR count). The number of hydrogen-bond acceptors (Lipinski definition) is 2. The minimum atomic E-state index is 0.126. The molecule has 1 heterocycles. The lowest BCUT2D eigenvalue weighted by Crippen LogP contribution is -2.40. The van der Waals surface area contributed by atoms with Crippen LogP contribution in [-0.4, -0.2) is 35.6 Å². The van der Waals surface area contributed by atoms with Gasteiger partial charge in [-0.25, -0.2) is 0 Å². The zero-order valence-corrected chi connectivity index (χ0v) is 10.9. The number of amides is 1. The summed E-state index contributed by atoms with van der Waals surface area (Å²) in [5.74, 6) is 0.582. The fourth-order valence-electron chi connectivity index (χ4n) is 2.63. The van der Waals surface area contributed by atoms with Crippen molar-refractivity contribution in [3.05, 3.63) is 35.4 Å². The summed E-state index contributed by atoms with van der Waals surface area (Å²) in [5.41, 5.74) is 1.89. The first-order valence-corrected chi connectivity index (χ1v) is 6.67. The number of carbonyl (C=O) groups is 1. The van der Waals surface area contributed by atoms with Gasteiger partial charge in [-0.3, -0.25) is 4.79 Å². The van der Waals surface area contributed by atoms with Crippen LogP contribution in [0.3, 0.4) is 0 Å². The van der Waals surface area contributed by atoms with Crippen LogP contribution in [0.4, 0.5) is 0 Å². The zero-order valence-electron chi connectivity index (χ0n) is 10.9. The van der Waals surface area contributed by atoms with Gasteiger partial charge in [-0.1, -0.05) is 17.7 Å². The average Bonchev–Trinajstić information content (AvgIpc) is 2.39. The van der Waals surface area contributed by atoms with E-state index in [0.717, 1.165) is 43.5 Å². The van der Waals surface area contributed by atoms with E-state index in [1.54, 1.807) is 0 Å². The van der Waals surface area contributed by atoms with Crippen molar-refractivity contribution in [1.29, 1.82) is 0 Å². The molecule has 1 aliphatic rings. The molecule has 3 heteroatoms. The van der Waals surface area contributed by atoms with E-state index in [9.17, 15) is 4.79 Å². The summed E-state index contributed by atoms with van der Waals surface area (Å²) in [6.07, 6.45) is 2.97. The molecule has 1 aromatic carbocycles. The highest BCUT2D eigenvalue weighted by atomic mass is 16.3. The summed E-state index contributed by atoms with van der Waals surface area (Å²) in [6, 6.07) is 7.75. The predicted molar refractivity (Wildman–Crippen MR) is 71.5 cm³/mol. The number of rotatable bonds is 3. The van der Waals surface area contributed by atoms with Crippen molar-refractivity contribution < 1.29 is 9.90 Å². The third-order valence-corrected chi connectivity index (χ3v) is 3.61. The molecule has 1 N–H and O–H groups in total. The number of carbonyl (C=O) groups excluding carboxylic acids is 1. The Morgan fingerprint density at radius 1 is 1.50 bits per heavy atom. The zero-order chi connectivity index (χ0) is 13.0. The minimum absolute atomic E-state index is 0.126. The van der Waals surface area contributed by atoms with E-state index in [0.29, 0.717) is 5.92 Å². The van der Waals surface area contributed by atoms with Crippen molar-refractivity contribution >= 4 is 5.91 Å². The first-order chi connectivity index (χ1) is 8.70. The molecule has 1 aromatic rings. The largest absolute Gasteiger partial charge is 0.396 e. The molecule has 1 unspecified atom stereocenters. The number of hydrogen-bond donors (Lipinski definition) is 1. The Balaban J connectivity index is 2.04. The number of aliphatic hydroxyl groups is 1. The number of aryl methyl sites for hydroxylation is 1. The molecule has 18 heavy (non-hydrogen) atoms. The molecule has 0 spiro atoms. The Kier molecular flexibility index (Phi) is 4.37. The second-order valence-electron chi connectivity index (χ2n) is 5.14. The second kappa shape index (κ2) is 6.01. The molecule has 1 amide bonds. The molecule has 1 saturated heterocycles. The fraction of sp³-hybridized carbons (Fsp3) is 0.533. The highest BCUT2D eigenvalue weighted by Gasteiger charge is 2.23. The molecule has 98 valence electrons. The first-order valence-electron chi connectivity index (χ1n) is 6.67. The summed E-state index contributed by atoms with van der Waals surface area (Å²) in [7, 11) is 0. The average molecular weight is 247 g/mol. The standard InChI is InChI=1S/C15H21NO2/c1-12-4-2-6-14(10-12)15(18)16-8-3-5-13(11-16)7-9-17/h2,4,6,10,13,17H,3,5,7-9,11H2,1H3. The Bertz CT molecular complexity index is 415. The lowest BCUT2D eigenvalue weighted by atomic mass is 9.94. The molecule has 0 aromatic heterocycles. The van der Waals surface area contributed by atoms with E-state index < -0.39 is 0 Å². The van der Waals surface area contributed by atoms with Crippen LogP contribution in [0.15, 0.2) is 24.3 Å². The highest BCUT2D eigenvalue weighted by molar-refractivity contribution is 5.94. The molecule has 1 atom stereocenters. The van der Waals surface area contributed by atoms with Crippen LogP contribution in [0.25, 0.3) is 0 Å². The molecule has 0 saturated carbocycles. The van der Waals surface area contributed by atoms with Crippen molar-refractivity contribution in [2.45, 2.75) is 26.2 Å². The van der Waals surface area contributed by atoms with Gasteiger partial charge in [0.15, 0.2) is 0 Å². The van der Waals surface area contributed by atoms with Gasteiger partial charge in [0, 0.05) is 25.3 Å².